The zero-order valence-electron chi connectivity index (χ0n) is 8.09. The van der Waals surface area contributed by atoms with Gasteiger partial charge in [0.15, 0.2) is 0 Å². The normalized spacial score (nSPS) is 17.9. The Morgan fingerprint density at radius 1 is 1.43 bits per heavy atom. The first-order valence-corrected chi connectivity index (χ1v) is 5.54. The average Bonchev–Trinajstić information content (AvgIpc) is 2.76. The Kier molecular flexibility index (Phi) is 3.08. The Balaban J connectivity index is 2.14. The predicted molar refractivity (Wildman–Crippen MR) is 55.6 cm³/mol. The number of nitrogens with zero attached hydrogens (tertiary/aromatic N) is 1. The molecule has 2 N–H and O–H groups in total. The second kappa shape index (κ2) is 4.32. The van der Waals surface area contributed by atoms with Crippen molar-refractivity contribution >= 4 is 11.6 Å². The summed E-state index contributed by atoms with van der Waals surface area (Å²) < 4.78 is 0. The van der Waals surface area contributed by atoms with Crippen LogP contribution in [0.5, 0.6) is 0 Å². The smallest absolute Gasteiger partial charge is 0.150 e. The molecule has 0 aliphatic heterocycles. The van der Waals surface area contributed by atoms with Crippen LogP contribution >= 0.6 is 11.6 Å². The van der Waals surface area contributed by atoms with Crippen LogP contribution in [-0.2, 0) is 6.42 Å². The van der Waals surface area contributed by atoms with E-state index in [1.807, 2.05) is 0 Å². The van der Waals surface area contributed by atoms with Crippen LogP contribution in [0.2, 0.25) is 5.15 Å². The molecule has 1 aromatic rings. The van der Waals surface area contributed by atoms with Crippen LogP contribution in [0, 0.1) is 0 Å². The van der Waals surface area contributed by atoms with Crippen molar-refractivity contribution in [3.63, 3.8) is 0 Å². The number of aromatic amines is 1. The lowest BCUT2D eigenvalue weighted by Gasteiger charge is -2.03. The van der Waals surface area contributed by atoms with Crippen LogP contribution in [-0.4, -0.2) is 21.7 Å². The summed E-state index contributed by atoms with van der Waals surface area (Å²) in [4.78, 5) is 7.53. The van der Waals surface area contributed by atoms with Crippen LogP contribution in [0.3, 0.4) is 0 Å². The molecule has 4 heteroatoms. The molecule has 1 aromatic heterocycles. The molecule has 0 unspecified atom stereocenters. The van der Waals surface area contributed by atoms with Crippen molar-refractivity contribution in [1.82, 2.24) is 9.97 Å². The first-order chi connectivity index (χ1) is 6.81. The Bertz CT molecular complexity index is 305. The molecule has 78 valence electrons. The Morgan fingerprint density at radius 2 is 2.14 bits per heavy atom. The molecule has 0 saturated heterocycles. The highest BCUT2D eigenvalue weighted by Crippen LogP contribution is 2.33. The highest BCUT2D eigenvalue weighted by molar-refractivity contribution is 6.30. The molecule has 1 aliphatic carbocycles. The monoisotopic (exact) mass is 214 g/mol. The second-order valence-corrected chi connectivity index (χ2v) is 4.20. The fourth-order valence-electron chi connectivity index (χ4n) is 2.08. The summed E-state index contributed by atoms with van der Waals surface area (Å²) in [5.41, 5.74) is 0.871. The van der Waals surface area contributed by atoms with Gasteiger partial charge in [-0.3, -0.25) is 0 Å². The van der Waals surface area contributed by atoms with Crippen molar-refractivity contribution in [2.75, 3.05) is 6.61 Å². The molecule has 0 atom stereocenters. The number of hydrogen-bond donors (Lipinski definition) is 2. The second-order valence-electron chi connectivity index (χ2n) is 3.85. The Hall–Kier alpha value is -0.540. The minimum atomic E-state index is 0.117. The van der Waals surface area contributed by atoms with Gasteiger partial charge in [0.1, 0.15) is 11.0 Å². The summed E-state index contributed by atoms with van der Waals surface area (Å²) in [5, 5.41) is 9.34. The molecule has 0 aromatic carbocycles. The zero-order valence-corrected chi connectivity index (χ0v) is 8.85. The highest BCUT2D eigenvalue weighted by atomic mass is 35.5. The Morgan fingerprint density at radius 3 is 2.79 bits per heavy atom. The van der Waals surface area contributed by atoms with Gasteiger partial charge < -0.3 is 10.1 Å². The summed E-state index contributed by atoms with van der Waals surface area (Å²) >= 11 is 5.95. The minimum Gasteiger partial charge on any atom is -0.396 e. The van der Waals surface area contributed by atoms with Crippen LogP contribution in [0.25, 0.3) is 0 Å². The fourth-order valence-corrected chi connectivity index (χ4v) is 2.31. The predicted octanol–water partition coefficient (Wildman–Crippen LogP) is 2.26. The van der Waals surface area contributed by atoms with E-state index in [2.05, 4.69) is 9.97 Å². The van der Waals surface area contributed by atoms with Gasteiger partial charge in [-0.05, 0) is 12.8 Å². The van der Waals surface area contributed by atoms with Gasteiger partial charge in [-0.2, -0.15) is 0 Å². The quantitative estimate of drug-likeness (QED) is 0.811. The molecule has 3 nitrogen and oxygen atoms in total. The van der Waals surface area contributed by atoms with E-state index in [1.165, 1.54) is 25.7 Å². The molecular formula is C10H15ClN2O. The standard InChI is InChI=1S/C10H15ClN2O/c11-9-8(5-6-14)12-10(13-9)7-3-1-2-4-7/h7,14H,1-6H2,(H,12,13). The minimum absolute atomic E-state index is 0.117. The zero-order chi connectivity index (χ0) is 9.97. The first kappa shape index (κ1) is 9.99. The highest BCUT2D eigenvalue weighted by Gasteiger charge is 2.21. The van der Waals surface area contributed by atoms with Crippen LogP contribution in [0.1, 0.15) is 43.1 Å². The average molecular weight is 215 g/mol. The molecule has 0 spiro atoms. The molecule has 1 fully saturated rings. The number of halogens is 1. The lowest BCUT2D eigenvalue weighted by Crippen LogP contribution is -1.96. The molecule has 2 rings (SSSR count). The lowest BCUT2D eigenvalue weighted by molar-refractivity contribution is 0.298. The van der Waals surface area contributed by atoms with Gasteiger partial charge in [0.25, 0.3) is 0 Å². The summed E-state index contributed by atoms with van der Waals surface area (Å²) in [6.07, 6.45) is 5.57. The van der Waals surface area contributed by atoms with Crippen molar-refractivity contribution < 1.29 is 5.11 Å². The maximum absolute atomic E-state index is 8.81. The van der Waals surface area contributed by atoms with Crippen molar-refractivity contribution in [3.05, 3.63) is 16.7 Å². The topological polar surface area (TPSA) is 48.9 Å². The summed E-state index contributed by atoms with van der Waals surface area (Å²) in [5.74, 6) is 1.57. The van der Waals surface area contributed by atoms with Crippen LogP contribution in [0.4, 0.5) is 0 Å². The van der Waals surface area contributed by atoms with Crippen LogP contribution in [0.15, 0.2) is 0 Å². The number of nitrogens with one attached hydrogen (secondary N) is 1. The molecule has 0 radical (unpaired) electrons. The van der Waals surface area contributed by atoms with Gasteiger partial charge >= 0.3 is 0 Å². The van der Waals surface area contributed by atoms with E-state index in [9.17, 15) is 0 Å². The molecule has 1 saturated carbocycles. The van der Waals surface area contributed by atoms with Crippen molar-refractivity contribution in [1.29, 1.82) is 0 Å². The summed E-state index contributed by atoms with van der Waals surface area (Å²) in [6, 6.07) is 0. The van der Waals surface area contributed by atoms with Gasteiger partial charge in [0.2, 0.25) is 0 Å². The molecule has 14 heavy (non-hydrogen) atoms. The summed E-state index contributed by atoms with van der Waals surface area (Å²) in [7, 11) is 0. The number of H-pyrrole nitrogens is 1. The van der Waals surface area contributed by atoms with Gasteiger partial charge in [-0.15, -0.1) is 0 Å². The third-order valence-electron chi connectivity index (χ3n) is 2.85. The van der Waals surface area contributed by atoms with E-state index in [4.69, 9.17) is 16.7 Å². The number of rotatable bonds is 3. The molecule has 0 amide bonds. The van der Waals surface area contributed by atoms with Crippen LogP contribution < -0.4 is 0 Å². The van der Waals surface area contributed by atoms with Crippen molar-refractivity contribution in [2.45, 2.75) is 38.0 Å². The van der Waals surface area contributed by atoms with Crippen molar-refractivity contribution in [3.8, 4) is 0 Å². The molecular weight excluding hydrogens is 200 g/mol. The van der Waals surface area contributed by atoms with E-state index in [-0.39, 0.29) is 6.61 Å². The largest absolute Gasteiger partial charge is 0.396 e. The molecule has 1 heterocycles. The summed E-state index contributed by atoms with van der Waals surface area (Å²) in [6.45, 7) is 0.117. The van der Waals surface area contributed by atoms with Gasteiger partial charge in [0, 0.05) is 18.9 Å². The maximum Gasteiger partial charge on any atom is 0.150 e. The maximum atomic E-state index is 8.81. The number of hydrogen-bond acceptors (Lipinski definition) is 2. The van der Waals surface area contributed by atoms with E-state index >= 15 is 0 Å². The van der Waals surface area contributed by atoms with E-state index in [0.29, 0.717) is 17.5 Å². The SMILES string of the molecule is OCCc1[nH]c(C2CCCC2)nc1Cl. The van der Waals surface area contributed by atoms with E-state index < -0.39 is 0 Å². The lowest BCUT2D eigenvalue weighted by atomic mass is 10.1. The number of aliphatic hydroxyl groups excluding tert-OH is 1. The third-order valence-corrected chi connectivity index (χ3v) is 3.16. The number of imidazole rings is 1. The number of aromatic nitrogens is 2. The van der Waals surface area contributed by atoms with Gasteiger partial charge in [-0.1, -0.05) is 24.4 Å². The fraction of sp³-hybridized carbons (Fsp3) is 0.700. The molecule has 1 aliphatic rings. The van der Waals surface area contributed by atoms with Gasteiger partial charge in [0.05, 0.1) is 5.69 Å². The van der Waals surface area contributed by atoms with E-state index in [1.54, 1.807) is 0 Å². The third kappa shape index (κ3) is 1.93. The first-order valence-electron chi connectivity index (χ1n) is 5.16. The Labute approximate surface area is 88.5 Å². The van der Waals surface area contributed by atoms with E-state index in [0.717, 1.165) is 11.5 Å². The van der Waals surface area contributed by atoms with Crippen molar-refractivity contribution in [2.24, 2.45) is 0 Å². The van der Waals surface area contributed by atoms with Gasteiger partial charge in [-0.25, -0.2) is 4.98 Å². The molecule has 0 bridgehead atoms. The number of aliphatic hydroxyl groups is 1.